The highest BCUT2D eigenvalue weighted by atomic mass is 16.7. The third kappa shape index (κ3) is 6.67. The van der Waals surface area contributed by atoms with E-state index in [0.717, 1.165) is 19.3 Å². The van der Waals surface area contributed by atoms with Gasteiger partial charge < -0.3 is 14.2 Å². The van der Waals surface area contributed by atoms with Gasteiger partial charge in [0.25, 0.3) is 6.26 Å². The van der Waals surface area contributed by atoms with Crippen molar-refractivity contribution in [3.8, 4) is 6.26 Å². The average Bonchev–Trinajstić information content (AvgIpc) is 2.49. The highest BCUT2D eigenvalue weighted by Gasteiger charge is 2.48. The summed E-state index contributed by atoms with van der Waals surface area (Å²) >= 11 is 0. The van der Waals surface area contributed by atoms with Crippen molar-refractivity contribution in [3.05, 3.63) is 0 Å². The zero-order valence-electron chi connectivity index (χ0n) is 14.5. The number of hydrogen-bond acceptors (Lipinski definition) is 4. The summed E-state index contributed by atoms with van der Waals surface area (Å²) in [5.74, 6) is -0.913. The van der Waals surface area contributed by atoms with E-state index < -0.39 is 11.4 Å². The molecule has 1 unspecified atom stereocenters. The molecule has 0 aromatic heterocycles. The minimum Gasteiger partial charge on any atom is -0.415 e. The molecule has 4 nitrogen and oxygen atoms in total. The first-order valence-corrected chi connectivity index (χ1v) is 8.17. The fourth-order valence-electron chi connectivity index (χ4n) is 2.58. The van der Waals surface area contributed by atoms with Gasteiger partial charge in [0.2, 0.25) is 5.79 Å². The van der Waals surface area contributed by atoms with E-state index >= 15 is 0 Å². The molecular formula is C17H33NO3. The molecule has 0 aliphatic heterocycles. The van der Waals surface area contributed by atoms with Crippen LogP contribution in [0.1, 0.15) is 78.6 Å². The lowest BCUT2D eigenvalue weighted by Gasteiger charge is -2.41. The van der Waals surface area contributed by atoms with Crippen molar-refractivity contribution < 1.29 is 14.2 Å². The van der Waals surface area contributed by atoms with Gasteiger partial charge in [-0.1, -0.05) is 51.9 Å². The van der Waals surface area contributed by atoms with Crippen LogP contribution in [0.2, 0.25) is 0 Å². The van der Waals surface area contributed by atoms with E-state index in [0.29, 0.717) is 0 Å². The maximum Gasteiger partial charge on any atom is 0.287 e. The van der Waals surface area contributed by atoms with E-state index in [2.05, 4.69) is 6.92 Å². The number of methoxy groups -OCH3 is 2. The van der Waals surface area contributed by atoms with Crippen LogP contribution in [0.5, 0.6) is 0 Å². The third-order valence-corrected chi connectivity index (χ3v) is 4.52. The van der Waals surface area contributed by atoms with Crippen LogP contribution >= 0.6 is 0 Å². The standard InChI is InChI=1S/C17H33NO3/c1-6-7-8-9-10-11-12-13-14-16(2,21-15-18)17(3,19-4)20-5/h6-14H2,1-5H3. The molecule has 124 valence electrons. The summed E-state index contributed by atoms with van der Waals surface area (Å²) in [6.07, 6.45) is 12.5. The summed E-state index contributed by atoms with van der Waals surface area (Å²) in [6, 6.07) is 0. The molecule has 0 amide bonds. The lowest BCUT2D eigenvalue weighted by molar-refractivity contribution is -0.286. The second kappa shape index (κ2) is 10.9. The molecule has 0 saturated heterocycles. The number of rotatable bonds is 13. The molecule has 0 fully saturated rings. The van der Waals surface area contributed by atoms with Crippen LogP contribution in [-0.4, -0.2) is 25.6 Å². The molecule has 0 heterocycles. The number of unbranched alkanes of at least 4 members (excludes halogenated alkanes) is 7. The number of nitrogens with zero attached hydrogens (tertiary/aromatic N) is 1. The number of ether oxygens (including phenoxy) is 3. The minimum atomic E-state index is -0.913. The van der Waals surface area contributed by atoms with Gasteiger partial charge in [0, 0.05) is 14.2 Å². The first-order chi connectivity index (χ1) is 9.99. The summed E-state index contributed by atoms with van der Waals surface area (Å²) in [5, 5.41) is 8.90. The van der Waals surface area contributed by atoms with Crippen molar-refractivity contribution in [1.82, 2.24) is 0 Å². The molecule has 1 atom stereocenters. The van der Waals surface area contributed by atoms with E-state index in [1.807, 2.05) is 13.8 Å². The molecular weight excluding hydrogens is 266 g/mol. The molecule has 0 bridgehead atoms. The summed E-state index contributed by atoms with van der Waals surface area (Å²) in [4.78, 5) is 0. The molecule has 0 aliphatic rings. The van der Waals surface area contributed by atoms with E-state index in [1.165, 1.54) is 38.5 Å². The van der Waals surface area contributed by atoms with Gasteiger partial charge in [0.05, 0.1) is 0 Å². The Labute approximate surface area is 130 Å². The minimum absolute atomic E-state index is 0.744. The molecule has 21 heavy (non-hydrogen) atoms. The monoisotopic (exact) mass is 299 g/mol. The predicted molar refractivity (Wildman–Crippen MR) is 84.8 cm³/mol. The first kappa shape index (κ1) is 20.2. The van der Waals surface area contributed by atoms with Crippen molar-refractivity contribution in [2.24, 2.45) is 0 Å². The predicted octanol–water partition coefficient (Wildman–Crippen LogP) is 4.78. The van der Waals surface area contributed by atoms with E-state index in [1.54, 1.807) is 20.5 Å². The SMILES string of the molecule is CCCCCCCCCCC(C)(OC#N)C(C)(OC)OC. The van der Waals surface area contributed by atoms with Gasteiger partial charge in [0.1, 0.15) is 0 Å². The Kier molecular flexibility index (Phi) is 10.5. The largest absolute Gasteiger partial charge is 0.415 e. The molecule has 0 N–H and O–H groups in total. The highest BCUT2D eigenvalue weighted by molar-refractivity contribution is 4.91. The zero-order chi connectivity index (χ0) is 16.2. The maximum atomic E-state index is 8.90. The van der Waals surface area contributed by atoms with Crippen molar-refractivity contribution in [3.63, 3.8) is 0 Å². The van der Waals surface area contributed by atoms with Gasteiger partial charge >= 0.3 is 0 Å². The van der Waals surface area contributed by atoms with Crippen LogP contribution in [0.15, 0.2) is 0 Å². The summed E-state index contributed by atoms with van der Waals surface area (Å²) in [5.41, 5.74) is -0.756. The Morgan fingerprint density at radius 1 is 0.857 bits per heavy atom. The molecule has 4 heteroatoms. The molecule has 0 saturated carbocycles. The van der Waals surface area contributed by atoms with E-state index in [-0.39, 0.29) is 0 Å². The van der Waals surface area contributed by atoms with Gasteiger partial charge in [-0.05, 0) is 26.7 Å². The fourth-order valence-corrected chi connectivity index (χ4v) is 2.58. The van der Waals surface area contributed by atoms with E-state index in [4.69, 9.17) is 19.5 Å². The van der Waals surface area contributed by atoms with Crippen LogP contribution in [0.25, 0.3) is 0 Å². The Hall–Kier alpha value is -0.790. The van der Waals surface area contributed by atoms with Gasteiger partial charge in [-0.2, -0.15) is 5.26 Å². The number of nitriles is 1. The highest BCUT2D eigenvalue weighted by Crippen LogP contribution is 2.34. The van der Waals surface area contributed by atoms with Crippen LogP contribution in [-0.2, 0) is 14.2 Å². The normalized spacial score (nSPS) is 14.5. The molecule has 0 aliphatic carbocycles. The van der Waals surface area contributed by atoms with E-state index in [9.17, 15) is 0 Å². The number of hydrogen-bond donors (Lipinski definition) is 0. The second-order valence-electron chi connectivity index (χ2n) is 6.00. The molecule has 0 aromatic rings. The molecule has 0 rings (SSSR count). The van der Waals surface area contributed by atoms with Crippen LogP contribution < -0.4 is 0 Å². The second-order valence-corrected chi connectivity index (χ2v) is 6.00. The molecule has 0 aromatic carbocycles. The topological polar surface area (TPSA) is 51.5 Å². The zero-order valence-corrected chi connectivity index (χ0v) is 14.5. The summed E-state index contributed by atoms with van der Waals surface area (Å²) in [6.45, 7) is 5.93. The van der Waals surface area contributed by atoms with Crippen molar-refractivity contribution in [2.75, 3.05) is 14.2 Å². The quantitative estimate of drug-likeness (QED) is 0.279. The Balaban J connectivity index is 4.14. The van der Waals surface area contributed by atoms with Crippen molar-refractivity contribution in [1.29, 1.82) is 5.26 Å². The fraction of sp³-hybridized carbons (Fsp3) is 0.941. The third-order valence-electron chi connectivity index (χ3n) is 4.52. The van der Waals surface area contributed by atoms with Crippen molar-refractivity contribution >= 4 is 0 Å². The average molecular weight is 299 g/mol. The van der Waals surface area contributed by atoms with Gasteiger partial charge in [-0.3, -0.25) is 0 Å². The maximum absolute atomic E-state index is 8.90. The first-order valence-electron chi connectivity index (χ1n) is 8.17. The lowest BCUT2D eigenvalue weighted by Crippen LogP contribution is -2.53. The van der Waals surface area contributed by atoms with Gasteiger partial charge in [-0.25, -0.2) is 0 Å². The Morgan fingerprint density at radius 2 is 1.33 bits per heavy atom. The van der Waals surface area contributed by atoms with Gasteiger partial charge in [0.15, 0.2) is 5.60 Å². The molecule has 0 radical (unpaired) electrons. The van der Waals surface area contributed by atoms with Crippen molar-refractivity contribution in [2.45, 2.75) is 89.9 Å². The van der Waals surface area contributed by atoms with Gasteiger partial charge in [-0.15, -0.1) is 0 Å². The Bertz CT molecular complexity index is 297. The smallest absolute Gasteiger partial charge is 0.287 e. The summed E-state index contributed by atoms with van der Waals surface area (Å²) in [7, 11) is 3.16. The lowest BCUT2D eigenvalue weighted by atomic mass is 9.89. The molecule has 0 spiro atoms. The summed E-state index contributed by atoms with van der Waals surface area (Å²) < 4.78 is 16.1. The van der Waals surface area contributed by atoms with Crippen LogP contribution in [0.4, 0.5) is 0 Å². The van der Waals surface area contributed by atoms with Crippen LogP contribution in [0.3, 0.4) is 0 Å². The van der Waals surface area contributed by atoms with Crippen LogP contribution in [0, 0.1) is 11.5 Å². The Morgan fingerprint density at radius 3 is 1.76 bits per heavy atom.